The maximum absolute atomic E-state index is 12.9. The predicted molar refractivity (Wildman–Crippen MR) is 104 cm³/mol. The Labute approximate surface area is 155 Å². The van der Waals surface area contributed by atoms with Crippen LogP contribution in [0.5, 0.6) is 17.2 Å². The number of hydrogen-bond donors (Lipinski definition) is 0. The lowest BCUT2D eigenvalue weighted by molar-refractivity contribution is -0.117. The minimum atomic E-state index is 0.0202. The molecule has 26 heavy (non-hydrogen) atoms. The van der Waals surface area contributed by atoms with E-state index in [1.54, 1.807) is 26.2 Å². The van der Waals surface area contributed by atoms with Crippen molar-refractivity contribution in [2.45, 2.75) is 27.2 Å². The molecule has 0 saturated heterocycles. The zero-order valence-electron chi connectivity index (χ0n) is 16.4. The summed E-state index contributed by atoms with van der Waals surface area (Å²) >= 11 is 0. The average Bonchev–Trinajstić information content (AvgIpc) is 2.60. The van der Waals surface area contributed by atoms with Crippen LogP contribution in [0.3, 0.4) is 0 Å². The van der Waals surface area contributed by atoms with Crippen LogP contribution in [0.1, 0.15) is 23.6 Å². The lowest BCUT2D eigenvalue weighted by atomic mass is 10.1. The lowest BCUT2D eigenvalue weighted by Gasteiger charge is -2.22. The molecule has 5 heteroatoms. The molecule has 1 amide bonds. The quantitative estimate of drug-likeness (QED) is 0.753. The van der Waals surface area contributed by atoms with E-state index in [9.17, 15) is 4.79 Å². The highest BCUT2D eigenvalue weighted by Crippen LogP contribution is 2.38. The van der Waals surface area contributed by atoms with Gasteiger partial charge in [-0.3, -0.25) is 4.79 Å². The van der Waals surface area contributed by atoms with Crippen LogP contribution >= 0.6 is 0 Å². The number of amides is 1. The van der Waals surface area contributed by atoms with Gasteiger partial charge in [-0.2, -0.15) is 0 Å². The summed E-state index contributed by atoms with van der Waals surface area (Å²) in [6, 6.07) is 9.79. The van der Waals surface area contributed by atoms with E-state index in [1.807, 2.05) is 45.0 Å². The molecule has 0 N–H and O–H groups in total. The summed E-state index contributed by atoms with van der Waals surface area (Å²) in [5, 5.41) is 0. The molecule has 5 nitrogen and oxygen atoms in total. The molecule has 140 valence electrons. The van der Waals surface area contributed by atoms with Crippen molar-refractivity contribution in [1.29, 1.82) is 0 Å². The van der Waals surface area contributed by atoms with Crippen LogP contribution in [0.4, 0.5) is 5.69 Å². The molecule has 0 aromatic heterocycles. The van der Waals surface area contributed by atoms with E-state index in [4.69, 9.17) is 14.2 Å². The summed E-state index contributed by atoms with van der Waals surface area (Å²) in [6.07, 6.45) is 0.248. The summed E-state index contributed by atoms with van der Waals surface area (Å²) in [4.78, 5) is 14.7. The van der Waals surface area contributed by atoms with E-state index >= 15 is 0 Å². The van der Waals surface area contributed by atoms with Gasteiger partial charge in [0, 0.05) is 12.2 Å². The second kappa shape index (κ2) is 8.61. The second-order valence-corrected chi connectivity index (χ2v) is 6.19. The number of rotatable bonds is 7. The summed E-state index contributed by atoms with van der Waals surface area (Å²) < 4.78 is 16.1. The molecule has 2 rings (SSSR count). The monoisotopic (exact) mass is 357 g/mol. The maximum Gasteiger partial charge on any atom is 0.231 e. The number of benzene rings is 2. The Hall–Kier alpha value is -2.69. The average molecular weight is 357 g/mol. The van der Waals surface area contributed by atoms with Crippen LogP contribution in [0.15, 0.2) is 30.3 Å². The Morgan fingerprint density at radius 2 is 1.42 bits per heavy atom. The van der Waals surface area contributed by atoms with Crippen molar-refractivity contribution in [3.05, 3.63) is 47.0 Å². The number of nitrogens with zero attached hydrogens (tertiary/aromatic N) is 1. The predicted octanol–water partition coefficient (Wildman–Crippen LogP) is 3.92. The molecule has 0 heterocycles. The Morgan fingerprint density at radius 3 is 1.85 bits per heavy atom. The number of hydrogen-bond acceptors (Lipinski definition) is 4. The fraction of sp³-hybridized carbons (Fsp3) is 0.381. The van der Waals surface area contributed by atoms with Crippen molar-refractivity contribution in [2.75, 3.05) is 32.8 Å². The van der Waals surface area contributed by atoms with Gasteiger partial charge in [0.1, 0.15) is 0 Å². The van der Waals surface area contributed by atoms with Crippen LogP contribution in [0.25, 0.3) is 0 Å². The molecule has 0 fully saturated rings. The van der Waals surface area contributed by atoms with E-state index in [1.165, 1.54) is 0 Å². The van der Waals surface area contributed by atoms with Crippen LogP contribution in [0.2, 0.25) is 0 Å². The highest BCUT2D eigenvalue weighted by atomic mass is 16.5. The molecule has 2 aromatic carbocycles. The first-order chi connectivity index (χ1) is 12.4. The smallest absolute Gasteiger partial charge is 0.231 e. The van der Waals surface area contributed by atoms with Crippen molar-refractivity contribution < 1.29 is 19.0 Å². The third kappa shape index (κ3) is 4.28. The van der Waals surface area contributed by atoms with Gasteiger partial charge >= 0.3 is 0 Å². The molecule has 2 aromatic rings. The first kappa shape index (κ1) is 19.6. The van der Waals surface area contributed by atoms with Crippen LogP contribution in [-0.4, -0.2) is 33.8 Å². The number of carbonyl (C=O) groups excluding carboxylic acids is 1. The number of carbonyl (C=O) groups is 1. The van der Waals surface area contributed by atoms with E-state index in [0.717, 1.165) is 22.4 Å². The van der Waals surface area contributed by atoms with Gasteiger partial charge in [0.25, 0.3) is 0 Å². The molecule has 0 aliphatic heterocycles. The number of aryl methyl sites for hydroxylation is 2. The summed E-state index contributed by atoms with van der Waals surface area (Å²) in [5.41, 5.74) is 4.01. The topological polar surface area (TPSA) is 48.0 Å². The minimum Gasteiger partial charge on any atom is -0.493 e. The van der Waals surface area contributed by atoms with Gasteiger partial charge in [-0.1, -0.05) is 6.07 Å². The highest BCUT2D eigenvalue weighted by Gasteiger charge is 2.19. The molecule has 0 bridgehead atoms. The third-order valence-electron chi connectivity index (χ3n) is 4.22. The molecule has 0 aliphatic carbocycles. The Balaban J connectivity index is 2.32. The van der Waals surface area contributed by atoms with E-state index in [0.29, 0.717) is 23.8 Å². The first-order valence-corrected chi connectivity index (χ1v) is 8.61. The summed E-state index contributed by atoms with van der Waals surface area (Å²) in [7, 11) is 4.69. The van der Waals surface area contributed by atoms with Crippen molar-refractivity contribution in [2.24, 2.45) is 0 Å². The summed E-state index contributed by atoms with van der Waals surface area (Å²) in [6.45, 7) is 6.65. The first-order valence-electron chi connectivity index (χ1n) is 8.61. The highest BCUT2D eigenvalue weighted by molar-refractivity contribution is 5.95. The van der Waals surface area contributed by atoms with Crippen LogP contribution in [0, 0.1) is 13.8 Å². The summed E-state index contributed by atoms with van der Waals surface area (Å²) in [5.74, 6) is 1.63. The SMILES string of the molecule is CCN(C(=O)Cc1cc(OC)c(OC)c(OC)c1)c1cc(C)cc(C)c1. The van der Waals surface area contributed by atoms with Gasteiger partial charge in [0.2, 0.25) is 11.7 Å². The standard InChI is InChI=1S/C21H27NO4/c1-7-22(17-9-14(2)8-15(3)10-17)20(23)13-16-11-18(24-4)21(26-6)19(12-16)25-5/h8-12H,7,13H2,1-6H3. The van der Waals surface area contributed by atoms with Crippen LogP contribution < -0.4 is 19.1 Å². The second-order valence-electron chi connectivity index (χ2n) is 6.19. The van der Waals surface area contributed by atoms with Crippen LogP contribution in [-0.2, 0) is 11.2 Å². The fourth-order valence-electron chi connectivity index (χ4n) is 3.12. The third-order valence-corrected chi connectivity index (χ3v) is 4.22. The van der Waals surface area contributed by atoms with E-state index in [2.05, 4.69) is 6.07 Å². The molecule has 0 spiro atoms. The number of likely N-dealkylation sites (N-methyl/N-ethyl adjacent to an activating group) is 1. The molecular formula is C21H27NO4. The van der Waals surface area contributed by atoms with Crippen molar-refractivity contribution in [3.8, 4) is 17.2 Å². The van der Waals surface area contributed by atoms with E-state index < -0.39 is 0 Å². The van der Waals surface area contributed by atoms with E-state index in [-0.39, 0.29) is 12.3 Å². The molecule has 0 radical (unpaired) electrons. The Bertz CT molecular complexity index is 740. The minimum absolute atomic E-state index is 0.0202. The largest absolute Gasteiger partial charge is 0.493 e. The van der Waals surface area contributed by atoms with Gasteiger partial charge in [0.05, 0.1) is 27.8 Å². The number of ether oxygens (including phenoxy) is 3. The van der Waals surface area contributed by atoms with Crippen molar-refractivity contribution in [3.63, 3.8) is 0 Å². The van der Waals surface area contributed by atoms with Crippen molar-refractivity contribution in [1.82, 2.24) is 0 Å². The van der Waals surface area contributed by atoms with Gasteiger partial charge in [-0.05, 0) is 61.7 Å². The van der Waals surface area contributed by atoms with Crippen molar-refractivity contribution >= 4 is 11.6 Å². The Morgan fingerprint density at radius 1 is 0.885 bits per heavy atom. The maximum atomic E-state index is 12.9. The molecule has 0 saturated carbocycles. The molecule has 0 atom stereocenters. The van der Waals surface area contributed by atoms with Gasteiger partial charge in [-0.25, -0.2) is 0 Å². The van der Waals surface area contributed by atoms with Gasteiger partial charge < -0.3 is 19.1 Å². The van der Waals surface area contributed by atoms with Gasteiger partial charge in [-0.15, -0.1) is 0 Å². The van der Waals surface area contributed by atoms with Gasteiger partial charge in [0.15, 0.2) is 11.5 Å². The number of methoxy groups -OCH3 is 3. The Kier molecular flexibility index (Phi) is 6.50. The lowest BCUT2D eigenvalue weighted by Crippen LogP contribution is -2.32. The molecule has 0 aliphatic rings. The molecular weight excluding hydrogens is 330 g/mol. The molecule has 0 unspecified atom stereocenters. The zero-order valence-corrected chi connectivity index (χ0v) is 16.4. The fourth-order valence-corrected chi connectivity index (χ4v) is 3.12. The number of anilines is 1. The zero-order chi connectivity index (χ0) is 19.3. The normalized spacial score (nSPS) is 10.4.